The molecule has 0 radical (unpaired) electrons. The van der Waals surface area contributed by atoms with Crippen LogP contribution in [0.3, 0.4) is 0 Å². The van der Waals surface area contributed by atoms with Gasteiger partial charge in [-0.15, -0.1) is 0 Å². The minimum atomic E-state index is -4.53. The predicted molar refractivity (Wildman–Crippen MR) is 64.8 cm³/mol. The van der Waals surface area contributed by atoms with Crippen LogP contribution in [-0.4, -0.2) is 28.3 Å². The second-order valence-corrected chi connectivity index (χ2v) is 4.13. The lowest BCUT2D eigenvalue weighted by Gasteiger charge is -2.19. The van der Waals surface area contributed by atoms with Crippen molar-refractivity contribution in [3.8, 4) is 5.75 Å². The van der Waals surface area contributed by atoms with Gasteiger partial charge in [-0.05, 0) is 19.1 Å². The zero-order chi connectivity index (χ0) is 14.9. The number of carbonyl (C=O) groups is 1. The monoisotopic (exact) mass is 285 g/mol. The number of fused-ring (bicyclic) bond motifs is 1. The highest BCUT2D eigenvalue weighted by Gasteiger charge is 2.38. The first kappa shape index (κ1) is 14.1. The first-order valence-corrected chi connectivity index (χ1v) is 5.65. The molecule has 20 heavy (non-hydrogen) atoms. The third-order valence-electron chi connectivity index (χ3n) is 2.66. The average molecular weight is 285 g/mol. The zero-order valence-electron chi connectivity index (χ0n) is 10.3. The summed E-state index contributed by atoms with van der Waals surface area (Å²) in [4.78, 5) is 14.8. The summed E-state index contributed by atoms with van der Waals surface area (Å²) in [5.41, 5.74) is -0.107. The molecule has 2 aromatic rings. The maximum absolute atomic E-state index is 12.5. The Labute approximate surface area is 111 Å². The van der Waals surface area contributed by atoms with Crippen LogP contribution in [0.25, 0.3) is 10.9 Å². The van der Waals surface area contributed by atoms with E-state index >= 15 is 0 Å². The highest BCUT2D eigenvalue weighted by molar-refractivity contribution is 5.93. The normalized spacial score (nSPS) is 13.2. The lowest BCUT2D eigenvalue weighted by molar-refractivity contribution is -0.189. The molecule has 0 aliphatic rings. The molecule has 106 valence electrons. The molecule has 1 aromatic heterocycles. The first-order valence-electron chi connectivity index (χ1n) is 5.65. The molecule has 0 saturated heterocycles. The van der Waals surface area contributed by atoms with Crippen molar-refractivity contribution >= 4 is 16.9 Å². The maximum Gasteiger partial charge on any atom is 0.425 e. The Bertz CT molecular complexity index is 655. The Morgan fingerprint density at radius 2 is 2.00 bits per heavy atom. The molecular weight excluding hydrogens is 275 g/mol. The summed E-state index contributed by atoms with van der Waals surface area (Å²) in [7, 11) is 0. The van der Waals surface area contributed by atoms with Crippen molar-refractivity contribution in [2.75, 3.05) is 0 Å². The van der Waals surface area contributed by atoms with Crippen molar-refractivity contribution in [3.63, 3.8) is 0 Å². The summed E-state index contributed by atoms with van der Waals surface area (Å²) < 4.78 is 42.5. The Hall–Kier alpha value is -2.31. The Kier molecular flexibility index (Phi) is 3.52. The molecule has 0 fully saturated rings. The van der Waals surface area contributed by atoms with E-state index in [1.54, 1.807) is 12.1 Å². The second-order valence-electron chi connectivity index (χ2n) is 4.13. The summed E-state index contributed by atoms with van der Waals surface area (Å²) in [6.07, 6.45) is -6.58. The van der Waals surface area contributed by atoms with Crippen molar-refractivity contribution in [2.45, 2.75) is 19.2 Å². The third-order valence-corrected chi connectivity index (χ3v) is 2.66. The van der Waals surface area contributed by atoms with Crippen molar-refractivity contribution in [3.05, 3.63) is 36.0 Å². The van der Waals surface area contributed by atoms with Gasteiger partial charge in [0.05, 0.1) is 5.52 Å². The fraction of sp³-hybridized carbons (Fsp3) is 0.231. The van der Waals surface area contributed by atoms with E-state index in [1.807, 2.05) is 0 Å². The standard InChI is InChI=1S/C13H10F3NO3/c1-7(13(14,15)16)20-11-6-10(12(18)19)17-9-5-3-2-4-8(9)11/h2-7H,1H3,(H,18,19). The molecule has 1 atom stereocenters. The molecule has 1 heterocycles. The van der Waals surface area contributed by atoms with Gasteiger partial charge >= 0.3 is 12.1 Å². The van der Waals surface area contributed by atoms with Crippen molar-refractivity contribution in [2.24, 2.45) is 0 Å². The van der Waals surface area contributed by atoms with Crippen LogP contribution < -0.4 is 4.74 Å². The topological polar surface area (TPSA) is 59.4 Å². The van der Waals surface area contributed by atoms with Gasteiger partial charge in [0.15, 0.2) is 11.8 Å². The largest absolute Gasteiger partial charge is 0.480 e. The number of halogens is 3. The lowest BCUT2D eigenvalue weighted by Crippen LogP contribution is -2.31. The molecule has 0 bridgehead atoms. The summed E-state index contributed by atoms with van der Waals surface area (Å²) in [6.45, 7) is 0.857. The van der Waals surface area contributed by atoms with Gasteiger partial charge in [0.25, 0.3) is 0 Å². The predicted octanol–water partition coefficient (Wildman–Crippen LogP) is 3.26. The third kappa shape index (κ3) is 2.81. The van der Waals surface area contributed by atoms with E-state index in [4.69, 9.17) is 9.84 Å². The second kappa shape index (κ2) is 4.99. The number of carboxylic acids is 1. The van der Waals surface area contributed by atoms with Crippen molar-refractivity contribution < 1.29 is 27.8 Å². The molecule has 7 heteroatoms. The fourth-order valence-electron chi connectivity index (χ4n) is 1.61. The van der Waals surface area contributed by atoms with Gasteiger partial charge in [0.1, 0.15) is 5.75 Å². The van der Waals surface area contributed by atoms with E-state index in [-0.39, 0.29) is 17.0 Å². The zero-order valence-corrected chi connectivity index (χ0v) is 10.3. The number of hydrogen-bond donors (Lipinski definition) is 1. The molecular formula is C13H10F3NO3. The number of rotatable bonds is 3. The number of benzene rings is 1. The van der Waals surface area contributed by atoms with Crippen LogP contribution in [0.1, 0.15) is 17.4 Å². The summed E-state index contributed by atoms with van der Waals surface area (Å²) in [6, 6.07) is 7.24. The van der Waals surface area contributed by atoms with Gasteiger partial charge in [-0.3, -0.25) is 0 Å². The van der Waals surface area contributed by atoms with E-state index < -0.39 is 18.2 Å². The number of nitrogens with zero attached hydrogens (tertiary/aromatic N) is 1. The van der Waals surface area contributed by atoms with E-state index in [2.05, 4.69) is 4.98 Å². The quantitative estimate of drug-likeness (QED) is 0.940. The number of para-hydroxylation sites is 1. The van der Waals surface area contributed by atoms with Crippen LogP contribution in [0.2, 0.25) is 0 Å². The molecule has 1 aromatic carbocycles. The Balaban J connectivity index is 2.53. The minimum Gasteiger partial charge on any atom is -0.480 e. The van der Waals surface area contributed by atoms with E-state index in [0.717, 1.165) is 13.0 Å². The highest BCUT2D eigenvalue weighted by atomic mass is 19.4. The van der Waals surface area contributed by atoms with E-state index in [0.29, 0.717) is 5.39 Å². The number of carboxylic acid groups (broad SMARTS) is 1. The van der Waals surface area contributed by atoms with Gasteiger partial charge in [-0.2, -0.15) is 13.2 Å². The van der Waals surface area contributed by atoms with Crippen LogP contribution in [0, 0.1) is 0 Å². The molecule has 4 nitrogen and oxygen atoms in total. The smallest absolute Gasteiger partial charge is 0.425 e. The number of pyridine rings is 1. The van der Waals surface area contributed by atoms with E-state index in [9.17, 15) is 18.0 Å². The SMILES string of the molecule is CC(Oc1cc(C(=O)O)nc2ccccc12)C(F)(F)F. The van der Waals surface area contributed by atoms with Crippen LogP contribution in [-0.2, 0) is 0 Å². The van der Waals surface area contributed by atoms with Crippen molar-refractivity contribution in [1.82, 2.24) is 4.98 Å². The van der Waals surface area contributed by atoms with Gasteiger partial charge in [-0.1, -0.05) is 12.1 Å². The Morgan fingerprint density at radius 1 is 1.35 bits per heavy atom. The number of aromatic carboxylic acids is 1. The molecule has 0 aliphatic carbocycles. The van der Waals surface area contributed by atoms with Crippen LogP contribution in [0.4, 0.5) is 13.2 Å². The summed E-state index contributed by atoms with van der Waals surface area (Å²) in [5, 5.41) is 9.25. The van der Waals surface area contributed by atoms with Gasteiger partial charge in [0, 0.05) is 11.5 Å². The molecule has 0 spiro atoms. The molecule has 2 rings (SSSR count). The van der Waals surface area contributed by atoms with Gasteiger partial charge in [-0.25, -0.2) is 9.78 Å². The summed E-state index contributed by atoms with van der Waals surface area (Å²) >= 11 is 0. The highest BCUT2D eigenvalue weighted by Crippen LogP contribution is 2.30. The molecule has 0 saturated carbocycles. The van der Waals surface area contributed by atoms with Gasteiger partial charge in [0.2, 0.25) is 0 Å². The molecule has 0 amide bonds. The number of aromatic nitrogens is 1. The fourth-order valence-corrected chi connectivity index (χ4v) is 1.61. The molecule has 1 N–H and O–H groups in total. The summed E-state index contributed by atoms with van der Waals surface area (Å²) in [5.74, 6) is -1.49. The minimum absolute atomic E-state index is 0.155. The first-order chi connectivity index (χ1) is 9.29. The average Bonchev–Trinajstić information content (AvgIpc) is 2.37. The van der Waals surface area contributed by atoms with E-state index in [1.165, 1.54) is 12.1 Å². The van der Waals surface area contributed by atoms with Gasteiger partial charge < -0.3 is 9.84 Å². The molecule has 1 unspecified atom stereocenters. The van der Waals surface area contributed by atoms with Crippen LogP contribution in [0.5, 0.6) is 5.75 Å². The van der Waals surface area contributed by atoms with Crippen LogP contribution >= 0.6 is 0 Å². The van der Waals surface area contributed by atoms with Crippen LogP contribution in [0.15, 0.2) is 30.3 Å². The number of alkyl halides is 3. The lowest BCUT2D eigenvalue weighted by atomic mass is 10.2. The maximum atomic E-state index is 12.5. The Morgan fingerprint density at radius 3 is 2.60 bits per heavy atom. The number of ether oxygens (including phenoxy) is 1. The number of hydrogen-bond acceptors (Lipinski definition) is 3. The molecule has 0 aliphatic heterocycles. The van der Waals surface area contributed by atoms with Crippen molar-refractivity contribution in [1.29, 1.82) is 0 Å².